The van der Waals surface area contributed by atoms with E-state index in [1.807, 2.05) is 0 Å². The highest BCUT2D eigenvalue weighted by molar-refractivity contribution is 5.10. The van der Waals surface area contributed by atoms with E-state index in [0.29, 0.717) is 0 Å². The summed E-state index contributed by atoms with van der Waals surface area (Å²) >= 11 is 0. The topological polar surface area (TPSA) is 40.5 Å². The van der Waals surface area contributed by atoms with E-state index in [0.717, 1.165) is 12.8 Å². The lowest BCUT2D eigenvalue weighted by molar-refractivity contribution is 0.101. The van der Waals surface area contributed by atoms with Crippen LogP contribution < -0.4 is 0 Å². The summed E-state index contributed by atoms with van der Waals surface area (Å²) in [5, 5.41) is 17.9. The fourth-order valence-corrected chi connectivity index (χ4v) is 1.75. The van der Waals surface area contributed by atoms with E-state index in [1.165, 1.54) is 0 Å². The van der Waals surface area contributed by atoms with Gasteiger partial charge in [0.2, 0.25) is 0 Å². The molecule has 0 radical (unpaired) electrons. The fraction of sp³-hybridized carbons (Fsp3) is 1.00. The zero-order valence-corrected chi connectivity index (χ0v) is 6.72. The number of hydrogen-bond acceptors (Lipinski definition) is 2. The van der Waals surface area contributed by atoms with Gasteiger partial charge in [0.15, 0.2) is 0 Å². The van der Waals surface area contributed by atoms with Crippen LogP contribution in [-0.4, -0.2) is 23.4 Å². The molecule has 0 unspecified atom stereocenters. The average Bonchev–Trinajstić information content (AvgIpc) is 2.59. The van der Waals surface area contributed by atoms with Crippen LogP contribution in [0, 0.1) is 10.8 Å². The highest BCUT2D eigenvalue weighted by Gasteiger charge is 2.62. The van der Waals surface area contributed by atoms with Crippen LogP contribution in [0.25, 0.3) is 0 Å². The maximum Gasteiger partial charge on any atom is 0.0514 e. The highest BCUT2D eigenvalue weighted by atomic mass is 16.3. The standard InChI is InChI=1S/C8H16O2/c1-3-7(2)4-8(7,5-9)6-10/h9-10H,3-6H2,1-2H3/t7-/m1/s1. The first-order valence-electron chi connectivity index (χ1n) is 3.86. The number of aliphatic hydroxyl groups excluding tert-OH is 2. The van der Waals surface area contributed by atoms with Crippen LogP contribution in [0.15, 0.2) is 0 Å². The molecule has 60 valence electrons. The van der Waals surface area contributed by atoms with Crippen LogP contribution >= 0.6 is 0 Å². The van der Waals surface area contributed by atoms with Gasteiger partial charge in [0, 0.05) is 5.41 Å². The molecule has 0 saturated heterocycles. The number of rotatable bonds is 3. The number of hydrogen-bond donors (Lipinski definition) is 2. The molecule has 1 aliphatic rings. The Bertz CT molecular complexity index is 129. The minimum Gasteiger partial charge on any atom is -0.396 e. The monoisotopic (exact) mass is 144 g/mol. The highest BCUT2D eigenvalue weighted by Crippen LogP contribution is 2.64. The normalized spacial score (nSPS) is 36.0. The quantitative estimate of drug-likeness (QED) is 0.614. The van der Waals surface area contributed by atoms with Gasteiger partial charge in [-0.25, -0.2) is 0 Å². The average molecular weight is 144 g/mol. The van der Waals surface area contributed by atoms with Crippen LogP contribution in [-0.2, 0) is 0 Å². The molecular formula is C8H16O2. The Labute approximate surface area is 61.9 Å². The van der Waals surface area contributed by atoms with Crippen molar-refractivity contribution in [3.8, 4) is 0 Å². The molecule has 0 amide bonds. The lowest BCUT2D eigenvalue weighted by Gasteiger charge is -2.16. The van der Waals surface area contributed by atoms with E-state index in [4.69, 9.17) is 10.2 Å². The lowest BCUT2D eigenvalue weighted by atomic mass is 9.93. The van der Waals surface area contributed by atoms with Gasteiger partial charge in [-0.15, -0.1) is 0 Å². The van der Waals surface area contributed by atoms with Gasteiger partial charge in [0.25, 0.3) is 0 Å². The lowest BCUT2D eigenvalue weighted by Crippen LogP contribution is -2.19. The molecule has 2 heteroatoms. The molecule has 0 spiro atoms. The second-order valence-electron chi connectivity index (χ2n) is 3.69. The van der Waals surface area contributed by atoms with Crippen molar-refractivity contribution >= 4 is 0 Å². The third kappa shape index (κ3) is 0.789. The summed E-state index contributed by atoms with van der Waals surface area (Å²) in [6, 6.07) is 0. The maximum atomic E-state index is 8.96. The molecule has 0 aromatic heterocycles. The van der Waals surface area contributed by atoms with Crippen molar-refractivity contribution in [2.45, 2.75) is 26.7 Å². The summed E-state index contributed by atoms with van der Waals surface area (Å²) in [5.74, 6) is 0. The summed E-state index contributed by atoms with van der Waals surface area (Å²) in [6.45, 7) is 4.49. The zero-order chi connectivity index (χ0) is 7.83. The summed E-state index contributed by atoms with van der Waals surface area (Å²) in [4.78, 5) is 0. The minimum atomic E-state index is -0.151. The summed E-state index contributed by atoms with van der Waals surface area (Å²) in [6.07, 6.45) is 2.03. The van der Waals surface area contributed by atoms with Crippen LogP contribution in [0.3, 0.4) is 0 Å². The van der Waals surface area contributed by atoms with Gasteiger partial charge in [-0.2, -0.15) is 0 Å². The molecule has 1 fully saturated rings. The third-order valence-corrected chi connectivity index (χ3v) is 3.27. The van der Waals surface area contributed by atoms with E-state index in [9.17, 15) is 0 Å². The molecule has 0 aromatic rings. The number of aliphatic hydroxyl groups is 2. The van der Waals surface area contributed by atoms with Crippen LogP contribution in [0.2, 0.25) is 0 Å². The summed E-state index contributed by atoms with van der Waals surface area (Å²) in [5.41, 5.74) is 0.0538. The Balaban J connectivity index is 2.59. The second kappa shape index (κ2) is 2.21. The molecule has 2 N–H and O–H groups in total. The Kier molecular flexibility index (Phi) is 1.77. The van der Waals surface area contributed by atoms with Gasteiger partial charge in [0.1, 0.15) is 0 Å². The van der Waals surface area contributed by atoms with E-state index in [2.05, 4.69) is 13.8 Å². The van der Waals surface area contributed by atoms with Gasteiger partial charge in [-0.1, -0.05) is 13.8 Å². The molecule has 0 aliphatic heterocycles. The van der Waals surface area contributed by atoms with Crippen molar-refractivity contribution in [3.05, 3.63) is 0 Å². The molecule has 0 heterocycles. The first-order chi connectivity index (χ1) is 4.64. The Morgan fingerprint density at radius 1 is 1.30 bits per heavy atom. The smallest absolute Gasteiger partial charge is 0.0514 e. The molecular weight excluding hydrogens is 128 g/mol. The van der Waals surface area contributed by atoms with Crippen molar-refractivity contribution in [1.82, 2.24) is 0 Å². The largest absolute Gasteiger partial charge is 0.396 e. The molecule has 0 bridgehead atoms. The van der Waals surface area contributed by atoms with Gasteiger partial charge in [-0.05, 0) is 18.3 Å². The Hall–Kier alpha value is -0.0800. The second-order valence-corrected chi connectivity index (χ2v) is 3.69. The van der Waals surface area contributed by atoms with Crippen molar-refractivity contribution < 1.29 is 10.2 Å². The first-order valence-corrected chi connectivity index (χ1v) is 3.86. The van der Waals surface area contributed by atoms with Crippen molar-refractivity contribution in [3.63, 3.8) is 0 Å². The Morgan fingerprint density at radius 2 is 1.80 bits per heavy atom. The van der Waals surface area contributed by atoms with Crippen LogP contribution in [0.1, 0.15) is 26.7 Å². The summed E-state index contributed by atoms with van der Waals surface area (Å²) in [7, 11) is 0. The summed E-state index contributed by atoms with van der Waals surface area (Å²) < 4.78 is 0. The molecule has 0 aromatic carbocycles. The van der Waals surface area contributed by atoms with Gasteiger partial charge < -0.3 is 10.2 Å². The van der Waals surface area contributed by atoms with Crippen molar-refractivity contribution in [2.75, 3.05) is 13.2 Å². The Morgan fingerprint density at radius 3 is 1.90 bits per heavy atom. The molecule has 1 atom stereocenters. The van der Waals surface area contributed by atoms with Crippen LogP contribution in [0.4, 0.5) is 0 Å². The fourth-order valence-electron chi connectivity index (χ4n) is 1.75. The predicted molar refractivity (Wildman–Crippen MR) is 39.6 cm³/mol. The zero-order valence-electron chi connectivity index (χ0n) is 6.72. The molecule has 2 nitrogen and oxygen atoms in total. The molecule has 1 saturated carbocycles. The minimum absolute atomic E-state index is 0.133. The third-order valence-electron chi connectivity index (χ3n) is 3.27. The van der Waals surface area contributed by atoms with E-state index in [1.54, 1.807) is 0 Å². The molecule has 1 rings (SSSR count). The molecule has 10 heavy (non-hydrogen) atoms. The predicted octanol–water partition coefficient (Wildman–Crippen LogP) is 0.777. The van der Waals surface area contributed by atoms with Gasteiger partial charge >= 0.3 is 0 Å². The van der Waals surface area contributed by atoms with Gasteiger partial charge in [-0.3, -0.25) is 0 Å². The van der Waals surface area contributed by atoms with E-state index >= 15 is 0 Å². The van der Waals surface area contributed by atoms with Crippen LogP contribution in [0.5, 0.6) is 0 Å². The van der Waals surface area contributed by atoms with E-state index < -0.39 is 0 Å². The van der Waals surface area contributed by atoms with Crippen molar-refractivity contribution in [2.24, 2.45) is 10.8 Å². The maximum absolute atomic E-state index is 8.96. The van der Waals surface area contributed by atoms with E-state index in [-0.39, 0.29) is 24.0 Å². The SMILES string of the molecule is CC[C@]1(C)CC1(CO)CO. The van der Waals surface area contributed by atoms with Gasteiger partial charge in [0.05, 0.1) is 13.2 Å². The van der Waals surface area contributed by atoms with Crippen molar-refractivity contribution in [1.29, 1.82) is 0 Å². The first kappa shape index (κ1) is 8.02. The molecule has 1 aliphatic carbocycles.